The highest BCUT2D eigenvalue weighted by Crippen LogP contribution is 2.38. The number of nitrogens with zero attached hydrogens (tertiary/aromatic N) is 1. The molecule has 2 amide bonds. The van der Waals surface area contributed by atoms with Crippen LogP contribution < -0.4 is 4.74 Å². The maximum absolute atomic E-state index is 12.6. The molecule has 1 aliphatic heterocycles. The number of benzene rings is 2. The van der Waals surface area contributed by atoms with E-state index in [9.17, 15) is 14.7 Å². The Kier molecular flexibility index (Phi) is 6.08. The van der Waals surface area contributed by atoms with E-state index in [0.29, 0.717) is 23.4 Å². The summed E-state index contributed by atoms with van der Waals surface area (Å²) >= 11 is 6.87. The van der Waals surface area contributed by atoms with Crippen molar-refractivity contribution in [1.82, 2.24) is 4.90 Å². The Bertz CT molecular complexity index is 898. The predicted molar refractivity (Wildman–Crippen MR) is 107 cm³/mol. The molecule has 0 radical (unpaired) electrons. The highest BCUT2D eigenvalue weighted by molar-refractivity contribution is 8.18. The highest BCUT2D eigenvalue weighted by Gasteiger charge is 2.34. The first-order chi connectivity index (χ1) is 13.0. The number of hydrogen-bond donors (Lipinski definition) is 1. The molecule has 0 spiro atoms. The van der Waals surface area contributed by atoms with E-state index in [-0.39, 0.29) is 27.7 Å². The minimum absolute atomic E-state index is 0.114. The molecule has 1 saturated heterocycles. The first kappa shape index (κ1) is 19.3. The molecule has 0 unspecified atom stereocenters. The minimum atomic E-state index is -0.318. The molecule has 1 N–H and O–H groups in total. The van der Waals surface area contributed by atoms with E-state index in [1.165, 1.54) is 23.6 Å². The van der Waals surface area contributed by atoms with Gasteiger partial charge in [0, 0.05) is 6.54 Å². The van der Waals surface area contributed by atoms with Crippen LogP contribution in [-0.4, -0.2) is 34.8 Å². The van der Waals surface area contributed by atoms with E-state index in [4.69, 9.17) is 16.3 Å². The van der Waals surface area contributed by atoms with Crippen molar-refractivity contribution in [2.45, 2.75) is 12.8 Å². The maximum Gasteiger partial charge on any atom is 0.293 e. The summed E-state index contributed by atoms with van der Waals surface area (Å²) in [7, 11) is 1.41. The number of thioether (sulfide) groups is 1. The number of rotatable bonds is 6. The van der Waals surface area contributed by atoms with Crippen LogP contribution in [0.4, 0.5) is 4.79 Å². The van der Waals surface area contributed by atoms with Gasteiger partial charge in [-0.25, -0.2) is 0 Å². The Labute approximate surface area is 166 Å². The Morgan fingerprint density at radius 2 is 1.96 bits per heavy atom. The van der Waals surface area contributed by atoms with E-state index in [0.717, 1.165) is 18.2 Å². The largest absolute Gasteiger partial charge is 0.503 e. The van der Waals surface area contributed by atoms with Crippen LogP contribution in [0.1, 0.15) is 17.5 Å². The van der Waals surface area contributed by atoms with Gasteiger partial charge in [-0.2, -0.15) is 0 Å². The second-order valence-electron chi connectivity index (χ2n) is 5.98. The van der Waals surface area contributed by atoms with Crippen LogP contribution in [0.15, 0.2) is 47.4 Å². The fourth-order valence-electron chi connectivity index (χ4n) is 2.76. The van der Waals surface area contributed by atoms with Gasteiger partial charge in [-0.1, -0.05) is 41.9 Å². The van der Waals surface area contributed by atoms with Gasteiger partial charge in [-0.15, -0.1) is 0 Å². The van der Waals surface area contributed by atoms with Crippen molar-refractivity contribution in [3.63, 3.8) is 0 Å². The monoisotopic (exact) mass is 403 g/mol. The minimum Gasteiger partial charge on any atom is -0.503 e. The third-order valence-corrected chi connectivity index (χ3v) is 5.33. The number of halogens is 1. The smallest absolute Gasteiger partial charge is 0.293 e. The summed E-state index contributed by atoms with van der Waals surface area (Å²) in [6.45, 7) is 0.372. The third kappa shape index (κ3) is 4.46. The topological polar surface area (TPSA) is 66.8 Å². The number of carbonyl (C=O) groups excluding carboxylic acids is 2. The Hall–Kier alpha value is -2.44. The summed E-state index contributed by atoms with van der Waals surface area (Å²) in [6, 6.07) is 13.0. The second-order valence-corrected chi connectivity index (χ2v) is 7.38. The molecule has 2 aromatic carbocycles. The van der Waals surface area contributed by atoms with E-state index in [2.05, 4.69) is 0 Å². The van der Waals surface area contributed by atoms with Crippen LogP contribution in [0.5, 0.6) is 11.5 Å². The van der Waals surface area contributed by atoms with Crippen LogP contribution in [-0.2, 0) is 11.2 Å². The van der Waals surface area contributed by atoms with Crippen LogP contribution in [0.25, 0.3) is 6.08 Å². The Balaban J connectivity index is 1.70. The van der Waals surface area contributed by atoms with Crippen LogP contribution in [0.3, 0.4) is 0 Å². The molecule has 0 aliphatic carbocycles. The van der Waals surface area contributed by atoms with Gasteiger partial charge in [-0.3, -0.25) is 14.5 Å². The molecule has 140 valence electrons. The average Bonchev–Trinajstić information content (AvgIpc) is 2.92. The molecule has 0 saturated carbocycles. The molecule has 7 heteroatoms. The van der Waals surface area contributed by atoms with Gasteiger partial charge in [0.05, 0.1) is 17.0 Å². The van der Waals surface area contributed by atoms with Crippen molar-refractivity contribution in [3.8, 4) is 11.5 Å². The molecule has 0 atom stereocenters. The summed E-state index contributed by atoms with van der Waals surface area (Å²) in [6.07, 6.45) is 3.08. The van der Waals surface area contributed by atoms with Crippen LogP contribution >= 0.6 is 23.4 Å². The van der Waals surface area contributed by atoms with Crippen molar-refractivity contribution >= 4 is 40.6 Å². The zero-order valence-corrected chi connectivity index (χ0v) is 16.2. The first-order valence-electron chi connectivity index (χ1n) is 8.35. The lowest BCUT2D eigenvalue weighted by atomic mass is 10.1. The molecule has 0 aromatic heterocycles. The molecular weight excluding hydrogens is 386 g/mol. The molecule has 3 rings (SSSR count). The van der Waals surface area contributed by atoms with Gasteiger partial charge >= 0.3 is 0 Å². The summed E-state index contributed by atoms with van der Waals surface area (Å²) in [4.78, 5) is 26.4. The zero-order chi connectivity index (χ0) is 19.4. The SMILES string of the molecule is COc1cc(C=C2SC(=O)N(CCCc3ccccc3)C2=O)cc(Cl)c1O. The number of aryl methyl sites for hydroxylation is 1. The van der Waals surface area contributed by atoms with Gasteiger partial charge in [0.15, 0.2) is 11.5 Å². The molecule has 2 aromatic rings. The number of amides is 2. The molecule has 0 bridgehead atoms. The summed E-state index contributed by atoms with van der Waals surface area (Å²) in [5.41, 5.74) is 1.75. The second kappa shape index (κ2) is 8.50. The number of hydrogen-bond acceptors (Lipinski definition) is 5. The first-order valence-corrected chi connectivity index (χ1v) is 9.55. The lowest BCUT2D eigenvalue weighted by Gasteiger charge is -2.12. The summed E-state index contributed by atoms with van der Waals surface area (Å²) in [5.74, 6) is -0.276. The van der Waals surface area contributed by atoms with E-state index in [1.807, 2.05) is 30.3 Å². The fraction of sp³-hybridized carbons (Fsp3) is 0.200. The van der Waals surface area contributed by atoms with Gasteiger partial charge in [0.1, 0.15) is 0 Å². The van der Waals surface area contributed by atoms with Gasteiger partial charge < -0.3 is 9.84 Å². The number of imide groups is 1. The number of methoxy groups -OCH3 is 1. The Morgan fingerprint density at radius 3 is 2.67 bits per heavy atom. The Morgan fingerprint density at radius 1 is 1.22 bits per heavy atom. The number of phenolic OH excluding ortho intramolecular Hbond substituents is 1. The molecule has 5 nitrogen and oxygen atoms in total. The zero-order valence-electron chi connectivity index (χ0n) is 14.6. The normalized spacial score (nSPS) is 15.6. The van der Waals surface area contributed by atoms with Gasteiger partial charge in [-0.05, 0) is 53.9 Å². The fourth-order valence-corrected chi connectivity index (χ4v) is 3.85. The van der Waals surface area contributed by atoms with E-state index >= 15 is 0 Å². The number of phenols is 1. The van der Waals surface area contributed by atoms with Gasteiger partial charge in [0.25, 0.3) is 11.1 Å². The highest BCUT2D eigenvalue weighted by atomic mass is 35.5. The van der Waals surface area contributed by atoms with E-state index < -0.39 is 0 Å². The maximum atomic E-state index is 12.6. The van der Waals surface area contributed by atoms with Crippen LogP contribution in [0.2, 0.25) is 5.02 Å². The van der Waals surface area contributed by atoms with Gasteiger partial charge in [0.2, 0.25) is 0 Å². The van der Waals surface area contributed by atoms with Crippen molar-refractivity contribution in [3.05, 3.63) is 63.5 Å². The number of aromatic hydroxyl groups is 1. The number of ether oxygens (including phenoxy) is 1. The van der Waals surface area contributed by atoms with Crippen molar-refractivity contribution in [2.24, 2.45) is 0 Å². The van der Waals surface area contributed by atoms with Crippen LogP contribution in [0, 0.1) is 0 Å². The van der Waals surface area contributed by atoms with Crippen molar-refractivity contribution in [1.29, 1.82) is 0 Å². The average molecular weight is 404 g/mol. The lowest BCUT2D eigenvalue weighted by Crippen LogP contribution is -2.29. The standard InChI is InChI=1S/C20H18ClNO4S/c1-26-16-11-14(10-15(21)18(16)23)12-17-19(24)22(20(25)27-17)9-5-8-13-6-3-2-4-7-13/h2-4,6-7,10-12,23H,5,8-9H2,1H3. The van der Waals surface area contributed by atoms with Crippen molar-refractivity contribution in [2.75, 3.05) is 13.7 Å². The quantitative estimate of drug-likeness (QED) is 0.706. The third-order valence-electron chi connectivity index (χ3n) is 4.13. The molecular formula is C20H18ClNO4S. The molecule has 1 fully saturated rings. The lowest BCUT2D eigenvalue weighted by molar-refractivity contribution is -0.122. The molecule has 1 aliphatic rings. The molecule has 27 heavy (non-hydrogen) atoms. The predicted octanol–water partition coefficient (Wildman–Crippen LogP) is 4.72. The van der Waals surface area contributed by atoms with Crippen molar-refractivity contribution < 1.29 is 19.4 Å². The molecule has 1 heterocycles. The van der Waals surface area contributed by atoms with E-state index in [1.54, 1.807) is 12.1 Å². The summed E-state index contributed by atoms with van der Waals surface area (Å²) in [5, 5.41) is 9.63. The summed E-state index contributed by atoms with van der Waals surface area (Å²) < 4.78 is 5.06. The number of carbonyl (C=O) groups is 2.